The maximum Gasteiger partial charge on any atom is 0.237 e. The Labute approximate surface area is 149 Å². The molecule has 0 radical (unpaired) electrons. The lowest BCUT2D eigenvalue weighted by atomic mass is 10.3. The topological polar surface area (TPSA) is 76.1 Å². The number of carbonyl (C=O) groups is 1. The second kappa shape index (κ2) is 7.85. The largest absolute Gasteiger partial charge is 0.492 e. The van der Waals surface area contributed by atoms with Crippen LogP contribution < -0.4 is 15.4 Å². The van der Waals surface area contributed by atoms with Gasteiger partial charge in [0.25, 0.3) is 0 Å². The molecule has 128 valence electrons. The zero-order chi connectivity index (χ0) is 16.9. The van der Waals surface area contributed by atoms with Crippen LogP contribution in [-0.2, 0) is 4.79 Å². The quantitative estimate of drug-likeness (QED) is 0.697. The van der Waals surface area contributed by atoms with Crippen LogP contribution in [0.4, 0.5) is 10.8 Å². The van der Waals surface area contributed by atoms with E-state index in [0.717, 1.165) is 9.47 Å². The van der Waals surface area contributed by atoms with E-state index in [2.05, 4.69) is 20.8 Å². The van der Waals surface area contributed by atoms with E-state index in [1.54, 1.807) is 0 Å². The molecule has 0 spiro atoms. The molecule has 2 N–H and O–H groups in total. The Morgan fingerprint density at radius 3 is 2.96 bits per heavy atom. The molecule has 1 unspecified atom stereocenters. The number of anilines is 2. The first-order valence-corrected chi connectivity index (χ1v) is 9.64. The van der Waals surface area contributed by atoms with Crippen molar-refractivity contribution in [1.82, 2.24) is 10.2 Å². The Hall–Kier alpha value is -1.80. The van der Waals surface area contributed by atoms with Gasteiger partial charge in [-0.05, 0) is 38.8 Å². The number of aromatic nitrogens is 2. The van der Waals surface area contributed by atoms with E-state index in [9.17, 15) is 4.79 Å². The zero-order valence-electron chi connectivity index (χ0n) is 13.6. The Balaban J connectivity index is 1.57. The summed E-state index contributed by atoms with van der Waals surface area (Å²) in [6, 6.07) is 7.98. The van der Waals surface area contributed by atoms with Crippen LogP contribution in [0.1, 0.15) is 26.7 Å². The molecule has 1 saturated carbocycles. The van der Waals surface area contributed by atoms with Gasteiger partial charge in [0.2, 0.25) is 11.0 Å². The molecule has 1 fully saturated rings. The zero-order valence-corrected chi connectivity index (χ0v) is 15.2. The molecule has 8 heteroatoms. The molecule has 0 saturated heterocycles. The molecule has 1 amide bonds. The van der Waals surface area contributed by atoms with E-state index in [1.165, 1.54) is 35.9 Å². The third-order valence-corrected chi connectivity index (χ3v) is 5.44. The van der Waals surface area contributed by atoms with Crippen LogP contribution in [0.2, 0.25) is 0 Å². The average molecular weight is 364 g/mol. The lowest BCUT2D eigenvalue weighted by Crippen LogP contribution is -2.22. The summed E-state index contributed by atoms with van der Waals surface area (Å²) >= 11 is 2.90. The molecular weight excluding hydrogens is 344 g/mol. The highest BCUT2D eigenvalue weighted by molar-refractivity contribution is 8.02. The van der Waals surface area contributed by atoms with Crippen molar-refractivity contribution in [3.05, 3.63) is 24.3 Å². The fraction of sp³-hybridized carbons (Fsp3) is 0.438. The lowest BCUT2D eigenvalue weighted by Gasteiger charge is -2.13. The van der Waals surface area contributed by atoms with E-state index >= 15 is 0 Å². The van der Waals surface area contributed by atoms with Crippen molar-refractivity contribution in [2.75, 3.05) is 17.2 Å². The first-order valence-electron chi connectivity index (χ1n) is 7.95. The molecule has 24 heavy (non-hydrogen) atoms. The van der Waals surface area contributed by atoms with Crippen LogP contribution >= 0.6 is 23.1 Å². The number of benzene rings is 1. The van der Waals surface area contributed by atoms with Crippen LogP contribution in [0.5, 0.6) is 5.75 Å². The van der Waals surface area contributed by atoms with Gasteiger partial charge in [-0.1, -0.05) is 35.2 Å². The average Bonchev–Trinajstić information content (AvgIpc) is 3.27. The van der Waals surface area contributed by atoms with Crippen molar-refractivity contribution in [3.63, 3.8) is 0 Å². The monoisotopic (exact) mass is 364 g/mol. The maximum atomic E-state index is 12.4. The number of amides is 1. The SMILES string of the molecule is CCOc1ccccc1NC(=O)C(C)Sc1nnc(NC2CC2)s1. The number of rotatable bonds is 8. The summed E-state index contributed by atoms with van der Waals surface area (Å²) in [6.07, 6.45) is 2.39. The minimum Gasteiger partial charge on any atom is -0.492 e. The third-order valence-electron chi connectivity index (χ3n) is 3.40. The molecule has 1 aromatic carbocycles. The van der Waals surface area contributed by atoms with Crippen molar-refractivity contribution in [2.45, 2.75) is 42.3 Å². The molecule has 1 heterocycles. The number of carbonyl (C=O) groups excluding carboxylic acids is 1. The molecule has 1 atom stereocenters. The standard InChI is InChI=1S/C16H20N4O2S2/c1-3-22-13-7-5-4-6-12(13)18-14(21)10(2)23-16-20-19-15(24-16)17-11-8-9-11/h4-7,10-11H,3,8-9H2,1-2H3,(H,17,19)(H,18,21). The predicted molar refractivity (Wildman–Crippen MR) is 98.1 cm³/mol. The minimum absolute atomic E-state index is 0.0842. The van der Waals surface area contributed by atoms with Gasteiger partial charge in [-0.25, -0.2) is 0 Å². The van der Waals surface area contributed by atoms with Crippen LogP contribution in [-0.4, -0.2) is 34.0 Å². The van der Waals surface area contributed by atoms with Gasteiger partial charge in [-0.3, -0.25) is 4.79 Å². The molecule has 0 bridgehead atoms. The van der Waals surface area contributed by atoms with E-state index in [0.29, 0.717) is 24.1 Å². The molecule has 2 aromatic rings. The summed E-state index contributed by atoms with van der Waals surface area (Å²) in [5.41, 5.74) is 0.685. The van der Waals surface area contributed by atoms with Crippen molar-refractivity contribution >= 4 is 39.8 Å². The van der Waals surface area contributed by atoms with Gasteiger partial charge in [0, 0.05) is 6.04 Å². The summed E-state index contributed by atoms with van der Waals surface area (Å²) in [4.78, 5) is 12.4. The molecule has 3 rings (SSSR count). The number of hydrogen-bond donors (Lipinski definition) is 2. The molecule has 1 aromatic heterocycles. The Bertz CT molecular complexity index is 703. The number of hydrogen-bond acceptors (Lipinski definition) is 7. The smallest absolute Gasteiger partial charge is 0.237 e. The fourth-order valence-electron chi connectivity index (χ4n) is 2.01. The second-order valence-corrected chi connectivity index (χ2v) is 8.04. The van der Waals surface area contributed by atoms with Crippen molar-refractivity contribution in [2.24, 2.45) is 0 Å². The second-order valence-electron chi connectivity index (χ2n) is 5.47. The van der Waals surface area contributed by atoms with Gasteiger partial charge >= 0.3 is 0 Å². The number of nitrogens with one attached hydrogen (secondary N) is 2. The summed E-state index contributed by atoms with van der Waals surface area (Å²) in [7, 11) is 0. The Morgan fingerprint density at radius 2 is 2.21 bits per heavy atom. The van der Waals surface area contributed by atoms with E-state index in [-0.39, 0.29) is 11.2 Å². The number of para-hydroxylation sites is 2. The number of nitrogens with zero attached hydrogens (tertiary/aromatic N) is 2. The lowest BCUT2D eigenvalue weighted by molar-refractivity contribution is -0.115. The summed E-state index contributed by atoms with van der Waals surface area (Å²) in [6.45, 7) is 4.33. The van der Waals surface area contributed by atoms with Gasteiger partial charge in [0.15, 0.2) is 4.34 Å². The normalized spacial score (nSPS) is 14.9. The molecule has 1 aliphatic carbocycles. The van der Waals surface area contributed by atoms with Gasteiger partial charge in [-0.15, -0.1) is 10.2 Å². The molecule has 0 aliphatic heterocycles. The highest BCUT2D eigenvalue weighted by Crippen LogP contribution is 2.33. The fourth-order valence-corrected chi connectivity index (χ4v) is 3.98. The van der Waals surface area contributed by atoms with Crippen molar-refractivity contribution in [1.29, 1.82) is 0 Å². The highest BCUT2D eigenvalue weighted by atomic mass is 32.2. The highest BCUT2D eigenvalue weighted by Gasteiger charge is 2.23. The van der Waals surface area contributed by atoms with Crippen LogP contribution in [0, 0.1) is 0 Å². The minimum atomic E-state index is -0.276. The predicted octanol–water partition coefficient (Wildman–Crippen LogP) is 3.63. The maximum absolute atomic E-state index is 12.4. The van der Waals surface area contributed by atoms with Crippen LogP contribution in [0.3, 0.4) is 0 Å². The number of thioether (sulfide) groups is 1. The summed E-state index contributed by atoms with van der Waals surface area (Å²) in [5, 5.41) is 15.0. The first kappa shape index (κ1) is 17.0. The van der Waals surface area contributed by atoms with E-state index < -0.39 is 0 Å². The van der Waals surface area contributed by atoms with E-state index in [4.69, 9.17) is 4.74 Å². The van der Waals surface area contributed by atoms with E-state index in [1.807, 2.05) is 38.1 Å². The van der Waals surface area contributed by atoms with Crippen LogP contribution in [0.15, 0.2) is 28.6 Å². The van der Waals surface area contributed by atoms with Gasteiger partial charge in [-0.2, -0.15) is 0 Å². The van der Waals surface area contributed by atoms with Crippen molar-refractivity contribution in [3.8, 4) is 5.75 Å². The van der Waals surface area contributed by atoms with Gasteiger partial charge in [0.1, 0.15) is 5.75 Å². The van der Waals surface area contributed by atoms with Crippen LogP contribution in [0.25, 0.3) is 0 Å². The van der Waals surface area contributed by atoms with Gasteiger partial charge in [0.05, 0.1) is 17.5 Å². The Morgan fingerprint density at radius 1 is 1.42 bits per heavy atom. The molecule has 6 nitrogen and oxygen atoms in total. The third kappa shape index (κ3) is 4.61. The summed E-state index contributed by atoms with van der Waals surface area (Å²) in [5.74, 6) is 0.594. The molecular formula is C16H20N4O2S2. The Kier molecular flexibility index (Phi) is 5.57. The van der Waals surface area contributed by atoms with Crippen molar-refractivity contribution < 1.29 is 9.53 Å². The number of ether oxygens (including phenoxy) is 1. The molecule has 1 aliphatic rings. The van der Waals surface area contributed by atoms with Gasteiger partial charge < -0.3 is 15.4 Å². The summed E-state index contributed by atoms with van der Waals surface area (Å²) < 4.78 is 6.32. The first-order chi connectivity index (χ1) is 11.7.